The number of amides is 1. The Morgan fingerprint density at radius 3 is 2.64 bits per heavy atom. The van der Waals surface area contributed by atoms with Crippen LogP contribution >= 0.6 is 0 Å². The lowest BCUT2D eigenvalue weighted by molar-refractivity contribution is 0.0787. The summed E-state index contributed by atoms with van der Waals surface area (Å²) < 4.78 is 5.38. The summed E-state index contributed by atoms with van der Waals surface area (Å²) in [7, 11) is 2.10. The molecule has 0 radical (unpaired) electrons. The molecule has 1 aromatic carbocycles. The standard InChI is InChI=1S/C17H27N3O2/c1-19(12-9-18)13-15-7-10-20(11-8-15)17(21)22-14-16-5-3-2-4-6-16/h2-6,15H,7-14,18H2,1H3. The summed E-state index contributed by atoms with van der Waals surface area (Å²) in [6.07, 6.45) is 1.88. The summed E-state index contributed by atoms with van der Waals surface area (Å²) >= 11 is 0. The van der Waals surface area contributed by atoms with Crippen molar-refractivity contribution in [3.05, 3.63) is 35.9 Å². The van der Waals surface area contributed by atoms with Crippen molar-refractivity contribution < 1.29 is 9.53 Å². The van der Waals surface area contributed by atoms with Crippen molar-refractivity contribution in [3.63, 3.8) is 0 Å². The quantitative estimate of drug-likeness (QED) is 0.872. The van der Waals surface area contributed by atoms with E-state index in [0.717, 1.165) is 44.6 Å². The lowest BCUT2D eigenvalue weighted by Gasteiger charge is -2.33. The van der Waals surface area contributed by atoms with Gasteiger partial charge in [0.1, 0.15) is 6.61 Å². The molecule has 2 N–H and O–H groups in total. The molecule has 0 atom stereocenters. The lowest BCUT2D eigenvalue weighted by atomic mass is 9.96. The van der Waals surface area contributed by atoms with Gasteiger partial charge in [-0.25, -0.2) is 4.79 Å². The summed E-state index contributed by atoms with van der Waals surface area (Å²) in [6, 6.07) is 9.79. The maximum atomic E-state index is 12.1. The Labute approximate surface area is 133 Å². The van der Waals surface area contributed by atoms with E-state index in [1.165, 1.54) is 0 Å². The van der Waals surface area contributed by atoms with Crippen LogP contribution in [-0.2, 0) is 11.3 Å². The molecule has 5 heteroatoms. The van der Waals surface area contributed by atoms with E-state index in [9.17, 15) is 4.79 Å². The topological polar surface area (TPSA) is 58.8 Å². The molecule has 0 bridgehead atoms. The second-order valence-corrected chi connectivity index (χ2v) is 6.02. The number of carbonyl (C=O) groups is 1. The minimum absolute atomic E-state index is 0.197. The van der Waals surface area contributed by atoms with Crippen molar-refractivity contribution in [3.8, 4) is 0 Å². The molecule has 2 rings (SSSR count). The van der Waals surface area contributed by atoms with E-state index in [1.807, 2.05) is 35.2 Å². The Kier molecular flexibility index (Phi) is 6.68. The van der Waals surface area contributed by atoms with Gasteiger partial charge in [0.2, 0.25) is 0 Å². The molecular weight excluding hydrogens is 278 g/mol. The lowest BCUT2D eigenvalue weighted by Crippen LogP contribution is -2.41. The number of hydrogen-bond donors (Lipinski definition) is 1. The number of nitrogens with two attached hydrogens (primary N) is 1. The summed E-state index contributed by atoms with van der Waals surface area (Å²) in [4.78, 5) is 16.2. The predicted octanol–water partition coefficient (Wildman–Crippen LogP) is 1.93. The SMILES string of the molecule is CN(CCN)CC1CCN(C(=O)OCc2ccccc2)CC1. The van der Waals surface area contributed by atoms with Crippen molar-refractivity contribution in [2.45, 2.75) is 19.4 Å². The maximum Gasteiger partial charge on any atom is 0.410 e. The van der Waals surface area contributed by atoms with Gasteiger partial charge in [-0.1, -0.05) is 30.3 Å². The third kappa shape index (κ3) is 5.31. The van der Waals surface area contributed by atoms with Crippen LogP contribution in [0.4, 0.5) is 4.79 Å². The van der Waals surface area contributed by atoms with E-state index in [-0.39, 0.29) is 6.09 Å². The second kappa shape index (κ2) is 8.76. The van der Waals surface area contributed by atoms with Gasteiger partial charge in [0.05, 0.1) is 0 Å². The van der Waals surface area contributed by atoms with Crippen molar-refractivity contribution in [1.29, 1.82) is 0 Å². The molecule has 5 nitrogen and oxygen atoms in total. The zero-order valence-corrected chi connectivity index (χ0v) is 13.4. The number of piperidine rings is 1. The van der Waals surface area contributed by atoms with Crippen LogP contribution in [0, 0.1) is 5.92 Å². The Morgan fingerprint density at radius 1 is 1.32 bits per heavy atom. The first-order valence-electron chi connectivity index (χ1n) is 8.03. The first kappa shape index (κ1) is 16.8. The van der Waals surface area contributed by atoms with Gasteiger partial charge in [-0.3, -0.25) is 0 Å². The van der Waals surface area contributed by atoms with Crippen molar-refractivity contribution in [2.75, 3.05) is 39.8 Å². The number of likely N-dealkylation sites (N-methyl/N-ethyl adjacent to an activating group) is 1. The average molecular weight is 305 g/mol. The summed E-state index contributed by atoms with van der Waals surface area (Å²) in [5, 5.41) is 0. The molecule has 1 heterocycles. The monoisotopic (exact) mass is 305 g/mol. The van der Waals surface area contributed by atoms with E-state index < -0.39 is 0 Å². The van der Waals surface area contributed by atoms with Crippen molar-refractivity contribution >= 4 is 6.09 Å². The van der Waals surface area contributed by atoms with Crippen molar-refractivity contribution in [2.24, 2.45) is 11.7 Å². The largest absolute Gasteiger partial charge is 0.445 e. The van der Waals surface area contributed by atoms with Crippen LogP contribution in [0.1, 0.15) is 18.4 Å². The van der Waals surface area contributed by atoms with Gasteiger partial charge in [-0.15, -0.1) is 0 Å². The fraction of sp³-hybridized carbons (Fsp3) is 0.588. The molecule has 1 aromatic rings. The van der Waals surface area contributed by atoms with Gasteiger partial charge in [0.15, 0.2) is 0 Å². The highest BCUT2D eigenvalue weighted by molar-refractivity contribution is 5.67. The molecule has 1 amide bonds. The summed E-state index contributed by atoms with van der Waals surface area (Å²) in [5.41, 5.74) is 6.59. The number of carbonyl (C=O) groups excluding carboxylic acids is 1. The highest BCUT2D eigenvalue weighted by Crippen LogP contribution is 2.19. The highest BCUT2D eigenvalue weighted by Gasteiger charge is 2.24. The normalized spacial score (nSPS) is 16.0. The Morgan fingerprint density at radius 2 is 2.00 bits per heavy atom. The molecule has 0 spiro atoms. The number of likely N-dealkylation sites (tertiary alicyclic amines) is 1. The number of hydrogen-bond acceptors (Lipinski definition) is 4. The zero-order chi connectivity index (χ0) is 15.8. The van der Waals surface area contributed by atoms with Gasteiger partial charge in [0, 0.05) is 32.7 Å². The molecular formula is C17H27N3O2. The minimum atomic E-state index is -0.197. The van der Waals surface area contributed by atoms with Crippen LogP contribution in [0.3, 0.4) is 0 Å². The Bertz CT molecular complexity index is 444. The molecule has 1 aliphatic rings. The molecule has 1 aliphatic heterocycles. The van der Waals surface area contributed by atoms with Crippen LogP contribution in [-0.4, -0.2) is 55.7 Å². The molecule has 0 aliphatic carbocycles. The van der Waals surface area contributed by atoms with Crippen LogP contribution in [0.2, 0.25) is 0 Å². The highest BCUT2D eigenvalue weighted by atomic mass is 16.6. The Balaban J connectivity index is 1.68. The third-order valence-corrected chi connectivity index (χ3v) is 4.16. The molecule has 1 saturated heterocycles. The van der Waals surface area contributed by atoms with Crippen LogP contribution in [0.15, 0.2) is 30.3 Å². The molecule has 22 heavy (non-hydrogen) atoms. The summed E-state index contributed by atoms with van der Waals surface area (Å²) in [5.74, 6) is 0.648. The second-order valence-electron chi connectivity index (χ2n) is 6.02. The molecule has 0 aromatic heterocycles. The fourth-order valence-electron chi connectivity index (χ4n) is 2.86. The van der Waals surface area contributed by atoms with E-state index in [0.29, 0.717) is 19.1 Å². The smallest absolute Gasteiger partial charge is 0.410 e. The van der Waals surface area contributed by atoms with Gasteiger partial charge in [0.25, 0.3) is 0 Å². The van der Waals surface area contributed by atoms with E-state index in [2.05, 4.69) is 11.9 Å². The van der Waals surface area contributed by atoms with E-state index in [4.69, 9.17) is 10.5 Å². The number of ether oxygens (including phenoxy) is 1. The van der Waals surface area contributed by atoms with Crippen LogP contribution in [0.5, 0.6) is 0 Å². The van der Waals surface area contributed by atoms with E-state index in [1.54, 1.807) is 0 Å². The van der Waals surface area contributed by atoms with Gasteiger partial charge < -0.3 is 20.3 Å². The summed E-state index contributed by atoms with van der Waals surface area (Å²) in [6.45, 7) is 4.60. The maximum absolute atomic E-state index is 12.1. The predicted molar refractivity (Wildman–Crippen MR) is 87.5 cm³/mol. The third-order valence-electron chi connectivity index (χ3n) is 4.16. The molecule has 0 saturated carbocycles. The fourth-order valence-corrected chi connectivity index (χ4v) is 2.86. The molecule has 122 valence electrons. The molecule has 1 fully saturated rings. The van der Waals surface area contributed by atoms with E-state index >= 15 is 0 Å². The average Bonchev–Trinajstić information content (AvgIpc) is 2.54. The first-order chi connectivity index (χ1) is 10.7. The Hall–Kier alpha value is -1.59. The van der Waals surface area contributed by atoms with Gasteiger partial charge >= 0.3 is 6.09 Å². The van der Waals surface area contributed by atoms with Crippen LogP contribution in [0.25, 0.3) is 0 Å². The van der Waals surface area contributed by atoms with Crippen molar-refractivity contribution in [1.82, 2.24) is 9.80 Å². The van der Waals surface area contributed by atoms with Gasteiger partial charge in [-0.05, 0) is 31.4 Å². The molecule has 0 unspecified atom stereocenters. The number of nitrogens with zero attached hydrogens (tertiary/aromatic N) is 2. The van der Waals surface area contributed by atoms with Crippen LogP contribution < -0.4 is 5.73 Å². The number of benzene rings is 1. The zero-order valence-electron chi connectivity index (χ0n) is 13.4. The first-order valence-corrected chi connectivity index (χ1v) is 8.03. The minimum Gasteiger partial charge on any atom is -0.445 e. The van der Waals surface area contributed by atoms with Gasteiger partial charge in [-0.2, -0.15) is 0 Å². The number of rotatable bonds is 6.